The molecule has 0 unspecified atom stereocenters. The number of aromatic hydroxyl groups is 4. The number of phenolic OH excluding ortho intramolecular Hbond substituents is 4. The molecule has 4 aromatic rings. The molecule has 0 aliphatic rings. The molecule has 0 atom stereocenters. The summed E-state index contributed by atoms with van der Waals surface area (Å²) < 4.78 is 22.3. The smallest absolute Gasteiger partial charge is 0.201 e. The van der Waals surface area contributed by atoms with Gasteiger partial charge in [-0.3, -0.25) is 0 Å². The predicted molar refractivity (Wildman–Crippen MR) is 157 cm³/mol. The molecule has 0 spiro atoms. The molecule has 0 bridgehead atoms. The van der Waals surface area contributed by atoms with E-state index in [1.54, 1.807) is 0 Å². The Bertz CT molecular complexity index is 1530. The number of phenols is 4. The maximum absolute atomic E-state index is 11.9. The van der Waals surface area contributed by atoms with Crippen molar-refractivity contribution in [2.75, 3.05) is 28.4 Å². The average molecular weight is 551 g/mol. The molecule has 4 rings (SSSR count). The van der Waals surface area contributed by atoms with Crippen molar-refractivity contribution >= 4 is 21.5 Å². The third-order valence-corrected chi connectivity index (χ3v) is 7.60. The van der Waals surface area contributed by atoms with E-state index < -0.39 is 0 Å². The molecule has 0 aliphatic heterocycles. The fourth-order valence-corrected chi connectivity index (χ4v) is 6.02. The van der Waals surface area contributed by atoms with Gasteiger partial charge in [-0.1, -0.05) is 27.7 Å². The van der Waals surface area contributed by atoms with Gasteiger partial charge in [-0.15, -0.1) is 0 Å². The first-order valence-electron chi connectivity index (χ1n) is 13.1. The SMILES string of the molecule is COc1c(O)c(OC)c2c(O)c(-c3c(C)cc4c(C(C)C)c(OC)c(O)c(OC)c4c3O)c(C)cc2c1C(C)C. The summed E-state index contributed by atoms with van der Waals surface area (Å²) >= 11 is 0. The van der Waals surface area contributed by atoms with Crippen LogP contribution in [0, 0.1) is 13.8 Å². The van der Waals surface area contributed by atoms with Crippen molar-refractivity contribution in [1.29, 1.82) is 0 Å². The van der Waals surface area contributed by atoms with Crippen LogP contribution in [0.1, 0.15) is 61.8 Å². The maximum Gasteiger partial charge on any atom is 0.201 e. The molecule has 4 N–H and O–H groups in total. The largest absolute Gasteiger partial charge is 0.506 e. The van der Waals surface area contributed by atoms with Crippen molar-refractivity contribution in [3.05, 3.63) is 34.4 Å². The van der Waals surface area contributed by atoms with Crippen LogP contribution in [0.5, 0.6) is 46.0 Å². The molecule has 0 amide bonds. The number of hydrogen-bond acceptors (Lipinski definition) is 8. The Morgan fingerprint density at radius 2 is 0.800 bits per heavy atom. The highest BCUT2D eigenvalue weighted by Crippen LogP contribution is 2.57. The first-order chi connectivity index (χ1) is 18.9. The molecule has 40 heavy (non-hydrogen) atoms. The average Bonchev–Trinajstić information content (AvgIpc) is 2.89. The molecule has 0 aromatic heterocycles. The summed E-state index contributed by atoms with van der Waals surface area (Å²) in [5.74, 6) is -0.160. The van der Waals surface area contributed by atoms with Gasteiger partial charge in [-0.25, -0.2) is 0 Å². The lowest BCUT2D eigenvalue weighted by Gasteiger charge is -2.24. The Kier molecular flexibility index (Phi) is 7.49. The van der Waals surface area contributed by atoms with Gasteiger partial charge in [0.15, 0.2) is 23.0 Å². The zero-order valence-electron chi connectivity index (χ0n) is 24.7. The highest BCUT2D eigenvalue weighted by molar-refractivity contribution is 6.10. The number of rotatable bonds is 7. The van der Waals surface area contributed by atoms with Crippen LogP contribution in [0.3, 0.4) is 0 Å². The Labute approximate surface area is 234 Å². The topological polar surface area (TPSA) is 118 Å². The highest BCUT2D eigenvalue weighted by Gasteiger charge is 2.31. The molecule has 214 valence electrons. The minimum Gasteiger partial charge on any atom is -0.506 e. The first kappa shape index (κ1) is 28.8. The zero-order chi connectivity index (χ0) is 29.8. The molecule has 0 saturated carbocycles. The maximum atomic E-state index is 11.9. The van der Waals surface area contributed by atoms with Gasteiger partial charge in [0.1, 0.15) is 11.5 Å². The second-order valence-electron chi connectivity index (χ2n) is 10.6. The van der Waals surface area contributed by atoms with Crippen LogP contribution in [0.15, 0.2) is 12.1 Å². The second-order valence-corrected chi connectivity index (χ2v) is 10.6. The third kappa shape index (κ3) is 3.96. The van der Waals surface area contributed by atoms with Crippen molar-refractivity contribution in [2.24, 2.45) is 0 Å². The Morgan fingerprint density at radius 1 is 0.500 bits per heavy atom. The van der Waals surface area contributed by atoms with Crippen LogP contribution in [-0.2, 0) is 0 Å². The summed E-state index contributed by atoms with van der Waals surface area (Å²) in [5, 5.41) is 47.9. The molecular weight excluding hydrogens is 512 g/mol. The van der Waals surface area contributed by atoms with E-state index in [9.17, 15) is 20.4 Å². The van der Waals surface area contributed by atoms with Crippen LogP contribution < -0.4 is 18.9 Å². The summed E-state index contributed by atoms with van der Waals surface area (Å²) in [4.78, 5) is 0. The highest BCUT2D eigenvalue weighted by atomic mass is 16.5. The molecule has 8 heteroatoms. The Balaban J connectivity index is 2.26. The molecule has 8 nitrogen and oxygen atoms in total. The lowest BCUT2D eigenvalue weighted by molar-refractivity contribution is 0.339. The number of hydrogen-bond donors (Lipinski definition) is 4. The summed E-state index contributed by atoms with van der Waals surface area (Å²) in [6, 6.07) is 3.80. The quantitative estimate of drug-likeness (QED) is 0.188. The van der Waals surface area contributed by atoms with Crippen LogP contribution >= 0.6 is 0 Å². The minimum absolute atomic E-state index is 0.0496. The standard InChI is InChI=1S/C32H38O8/c1-13(2)19-17-11-15(5)21(25(33)23(17)31(39-9)27(35)29(19)37-7)22-16(6)12-18-20(14(3)4)30(38-8)28(36)32(40-10)24(18)26(22)34/h11-14,33-36H,1-10H3. The lowest BCUT2D eigenvalue weighted by atomic mass is 9.84. The molecule has 0 radical (unpaired) electrons. The second kappa shape index (κ2) is 10.4. The lowest BCUT2D eigenvalue weighted by Crippen LogP contribution is -2.02. The van der Waals surface area contributed by atoms with Crippen LogP contribution in [0.2, 0.25) is 0 Å². The fraction of sp³-hybridized carbons (Fsp3) is 0.375. The predicted octanol–water partition coefficient (Wildman–Crippen LogP) is 7.38. The van der Waals surface area contributed by atoms with Crippen molar-refractivity contribution in [3.8, 4) is 57.1 Å². The van der Waals surface area contributed by atoms with Gasteiger partial charge in [-0.05, 0) is 59.7 Å². The van der Waals surface area contributed by atoms with Crippen LogP contribution in [-0.4, -0.2) is 48.9 Å². The van der Waals surface area contributed by atoms with Gasteiger partial charge in [0, 0.05) is 22.3 Å². The fourth-order valence-electron chi connectivity index (χ4n) is 6.02. The summed E-state index contributed by atoms with van der Waals surface area (Å²) in [6.07, 6.45) is 0. The van der Waals surface area contributed by atoms with Crippen molar-refractivity contribution in [1.82, 2.24) is 0 Å². The zero-order valence-corrected chi connectivity index (χ0v) is 24.7. The van der Waals surface area contributed by atoms with E-state index in [2.05, 4.69) is 0 Å². The van der Waals surface area contributed by atoms with Gasteiger partial charge < -0.3 is 39.4 Å². The van der Waals surface area contributed by atoms with E-state index in [4.69, 9.17) is 18.9 Å². The minimum atomic E-state index is -0.217. The molecule has 4 aromatic carbocycles. The van der Waals surface area contributed by atoms with E-state index in [1.165, 1.54) is 28.4 Å². The molecule has 0 fully saturated rings. The molecule has 0 heterocycles. The van der Waals surface area contributed by atoms with Gasteiger partial charge >= 0.3 is 0 Å². The normalized spacial score (nSPS) is 11.6. The van der Waals surface area contributed by atoms with E-state index in [0.29, 0.717) is 43.8 Å². The van der Waals surface area contributed by atoms with Crippen molar-refractivity contribution < 1.29 is 39.4 Å². The Hall–Kier alpha value is -4.20. The third-order valence-electron chi connectivity index (χ3n) is 7.60. The van der Waals surface area contributed by atoms with Crippen LogP contribution in [0.4, 0.5) is 0 Å². The number of benzene rings is 4. The molecule has 0 saturated heterocycles. The van der Waals surface area contributed by atoms with E-state index in [-0.39, 0.29) is 57.8 Å². The number of ether oxygens (including phenoxy) is 4. The number of methoxy groups -OCH3 is 4. The van der Waals surface area contributed by atoms with E-state index >= 15 is 0 Å². The van der Waals surface area contributed by atoms with Crippen molar-refractivity contribution in [3.63, 3.8) is 0 Å². The summed E-state index contributed by atoms with van der Waals surface area (Å²) in [6.45, 7) is 11.6. The van der Waals surface area contributed by atoms with Gasteiger partial charge in [0.2, 0.25) is 11.5 Å². The van der Waals surface area contributed by atoms with Crippen molar-refractivity contribution in [2.45, 2.75) is 53.4 Å². The van der Waals surface area contributed by atoms with E-state index in [1.807, 2.05) is 53.7 Å². The summed E-state index contributed by atoms with van der Waals surface area (Å²) in [7, 11) is 5.78. The first-order valence-corrected chi connectivity index (χ1v) is 13.1. The van der Waals surface area contributed by atoms with E-state index in [0.717, 1.165) is 11.1 Å². The van der Waals surface area contributed by atoms with Crippen LogP contribution in [0.25, 0.3) is 32.7 Å². The molecule has 0 aliphatic carbocycles. The Morgan fingerprint density at radius 3 is 1.05 bits per heavy atom. The summed E-state index contributed by atoms with van der Waals surface area (Å²) in [5.41, 5.74) is 3.54. The van der Waals surface area contributed by atoms with Gasteiger partial charge in [-0.2, -0.15) is 0 Å². The molecular formula is C32H38O8. The van der Waals surface area contributed by atoms with Gasteiger partial charge in [0.05, 0.1) is 39.2 Å². The number of aryl methyl sites for hydroxylation is 2. The van der Waals surface area contributed by atoms with Gasteiger partial charge in [0.25, 0.3) is 0 Å². The monoisotopic (exact) mass is 550 g/mol. The number of fused-ring (bicyclic) bond motifs is 2.